The predicted molar refractivity (Wildman–Crippen MR) is 33.6 cm³/mol. The normalized spacial score (nSPS) is 26.8. The number of rotatable bonds is 2. The van der Waals surface area contributed by atoms with Crippen LogP contribution in [0.5, 0.6) is 0 Å². The molecule has 1 aliphatic rings. The molecule has 1 unspecified atom stereocenters. The summed E-state index contributed by atoms with van der Waals surface area (Å²) in [6, 6.07) is 0. The third kappa shape index (κ3) is 0.920. The van der Waals surface area contributed by atoms with Crippen LogP contribution in [0, 0.1) is 5.92 Å². The highest BCUT2D eigenvalue weighted by Crippen LogP contribution is 2.26. The van der Waals surface area contributed by atoms with E-state index in [2.05, 4.69) is 13.0 Å². The molecule has 0 fully saturated rings. The van der Waals surface area contributed by atoms with E-state index in [1.807, 2.05) is 0 Å². The summed E-state index contributed by atoms with van der Waals surface area (Å²) in [7, 11) is 0. The van der Waals surface area contributed by atoms with Crippen LogP contribution >= 0.6 is 0 Å². The van der Waals surface area contributed by atoms with Crippen molar-refractivity contribution in [1.82, 2.24) is 0 Å². The molecule has 0 amide bonds. The zero-order valence-corrected chi connectivity index (χ0v) is 5.22. The van der Waals surface area contributed by atoms with E-state index in [-0.39, 0.29) is 0 Å². The number of allylic oxidation sites excluding steroid dienone is 1. The van der Waals surface area contributed by atoms with Crippen molar-refractivity contribution in [2.45, 2.75) is 19.8 Å². The quantitative estimate of drug-likeness (QED) is 0.534. The lowest BCUT2D eigenvalue weighted by Crippen LogP contribution is -2.13. The summed E-state index contributed by atoms with van der Waals surface area (Å²) in [4.78, 5) is 0. The summed E-state index contributed by atoms with van der Waals surface area (Å²) < 4.78 is 0. The summed E-state index contributed by atoms with van der Waals surface area (Å²) in [6.45, 7) is 2.49. The summed E-state index contributed by atoms with van der Waals surface area (Å²) in [5, 5.41) is 8.55. The lowest BCUT2D eigenvalue weighted by Gasteiger charge is -2.21. The Morgan fingerprint density at radius 1 is 1.88 bits per heavy atom. The Balaban J connectivity index is 2.27. The fraction of sp³-hybridized carbons (Fsp3) is 0.714. The maximum Gasteiger partial charge on any atom is 0.0496 e. The minimum absolute atomic E-state index is 0.337. The minimum atomic E-state index is 0.337. The molecule has 0 radical (unpaired) electrons. The van der Waals surface area contributed by atoms with Crippen LogP contribution in [0.3, 0.4) is 0 Å². The van der Waals surface area contributed by atoms with E-state index in [9.17, 15) is 0 Å². The Hall–Kier alpha value is -0.300. The molecular formula is C7H12O. The fourth-order valence-electron chi connectivity index (χ4n) is 1.02. The second-order valence-electron chi connectivity index (χ2n) is 2.33. The molecule has 0 aliphatic heterocycles. The van der Waals surface area contributed by atoms with Crippen LogP contribution < -0.4 is 0 Å². The van der Waals surface area contributed by atoms with Crippen molar-refractivity contribution >= 4 is 0 Å². The fourth-order valence-corrected chi connectivity index (χ4v) is 1.02. The number of aliphatic hydroxyl groups excluding tert-OH is 1. The Morgan fingerprint density at radius 3 is 2.88 bits per heavy atom. The van der Waals surface area contributed by atoms with Crippen molar-refractivity contribution in [2.24, 2.45) is 5.92 Å². The maximum atomic E-state index is 8.55. The standard InChI is InChI=1S/C7H12O/c1-2-6-3-7(4-6)5-8/h3,7-8H,2,4-5H2,1H3. The Kier molecular flexibility index (Phi) is 1.69. The van der Waals surface area contributed by atoms with Crippen LogP contribution in [0.2, 0.25) is 0 Å². The van der Waals surface area contributed by atoms with Gasteiger partial charge in [-0.15, -0.1) is 0 Å². The molecule has 8 heavy (non-hydrogen) atoms. The predicted octanol–water partition coefficient (Wildman–Crippen LogP) is 1.33. The van der Waals surface area contributed by atoms with Crippen LogP contribution in [0.15, 0.2) is 11.6 Å². The average molecular weight is 112 g/mol. The van der Waals surface area contributed by atoms with Gasteiger partial charge in [-0.2, -0.15) is 0 Å². The van der Waals surface area contributed by atoms with Gasteiger partial charge in [0.1, 0.15) is 0 Å². The van der Waals surface area contributed by atoms with E-state index in [1.165, 1.54) is 5.57 Å². The van der Waals surface area contributed by atoms with Gasteiger partial charge in [-0.3, -0.25) is 0 Å². The van der Waals surface area contributed by atoms with E-state index in [1.54, 1.807) is 0 Å². The van der Waals surface area contributed by atoms with Crippen LogP contribution in [-0.2, 0) is 0 Å². The van der Waals surface area contributed by atoms with Crippen LogP contribution in [0.1, 0.15) is 19.8 Å². The van der Waals surface area contributed by atoms with Gasteiger partial charge in [0, 0.05) is 12.5 Å². The number of hydrogen-bond donors (Lipinski definition) is 1. The van der Waals surface area contributed by atoms with Crippen molar-refractivity contribution in [2.75, 3.05) is 6.61 Å². The van der Waals surface area contributed by atoms with Gasteiger partial charge < -0.3 is 5.11 Å². The van der Waals surface area contributed by atoms with Crippen molar-refractivity contribution in [3.63, 3.8) is 0 Å². The van der Waals surface area contributed by atoms with Crippen molar-refractivity contribution in [1.29, 1.82) is 0 Å². The molecule has 0 saturated heterocycles. The van der Waals surface area contributed by atoms with Gasteiger partial charge in [-0.05, 0) is 12.8 Å². The molecule has 1 rings (SSSR count). The summed E-state index contributed by atoms with van der Waals surface area (Å²) in [5.74, 6) is 0.491. The van der Waals surface area contributed by atoms with Crippen molar-refractivity contribution in [3.8, 4) is 0 Å². The molecule has 1 heteroatoms. The smallest absolute Gasteiger partial charge is 0.0496 e. The van der Waals surface area contributed by atoms with Crippen LogP contribution in [0.4, 0.5) is 0 Å². The van der Waals surface area contributed by atoms with Crippen LogP contribution in [-0.4, -0.2) is 11.7 Å². The topological polar surface area (TPSA) is 20.2 Å². The molecule has 0 saturated carbocycles. The first-order chi connectivity index (χ1) is 3.86. The van der Waals surface area contributed by atoms with Gasteiger partial charge >= 0.3 is 0 Å². The first-order valence-corrected chi connectivity index (χ1v) is 3.17. The maximum absolute atomic E-state index is 8.55. The molecule has 0 aromatic carbocycles. The van der Waals surface area contributed by atoms with Gasteiger partial charge in [-0.25, -0.2) is 0 Å². The van der Waals surface area contributed by atoms with Gasteiger partial charge in [0.05, 0.1) is 0 Å². The van der Waals surface area contributed by atoms with Gasteiger partial charge in [-0.1, -0.05) is 18.6 Å². The highest BCUT2D eigenvalue weighted by molar-refractivity contribution is 5.15. The Bertz CT molecular complexity index is 105. The zero-order chi connectivity index (χ0) is 5.98. The highest BCUT2D eigenvalue weighted by Gasteiger charge is 2.15. The second-order valence-corrected chi connectivity index (χ2v) is 2.33. The Labute approximate surface area is 50.0 Å². The number of hydrogen-bond acceptors (Lipinski definition) is 1. The van der Waals surface area contributed by atoms with Crippen LogP contribution in [0.25, 0.3) is 0 Å². The lowest BCUT2D eigenvalue weighted by molar-refractivity contribution is 0.240. The van der Waals surface area contributed by atoms with Crippen molar-refractivity contribution in [3.05, 3.63) is 11.6 Å². The van der Waals surface area contributed by atoms with Crippen molar-refractivity contribution < 1.29 is 5.11 Å². The first kappa shape index (κ1) is 5.83. The minimum Gasteiger partial charge on any atom is -0.396 e. The second kappa shape index (κ2) is 2.31. The molecule has 1 nitrogen and oxygen atoms in total. The van der Waals surface area contributed by atoms with Gasteiger partial charge in [0.15, 0.2) is 0 Å². The molecule has 0 spiro atoms. The molecule has 0 aromatic heterocycles. The highest BCUT2D eigenvalue weighted by atomic mass is 16.3. The lowest BCUT2D eigenvalue weighted by atomic mass is 9.86. The van der Waals surface area contributed by atoms with E-state index in [0.29, 0.717) is 12.5 Å². The molecule has 1 aliphatic carbocycles. The third-order valence-electron chi connectivity index (χ3n) is 1.68. The summed E-state index contributed by atoms with van der Waals surface area (Å²) in [6.07, 6.45) is 4.46. The monoisotopic (exact) mass is 112 g/mol. The molecule has 0 heterocycles. The van der Waals surface area contributed by atoms with E-state index in [4.69, 9.17) is 5.11 Å². The largest absolute Gasteiger partial charge is 0.396 e. The zero-order valence-electron chi connectivity index (χ0n) is 5.22. The van der Waals surface area contributed by atoms with E-state index >= 15 is 0 Å². The third-order valence-corrected chi connectivity index (χ3v) is 1.68. The summed E-state index contributed by atoms with van der Waals surface area (Å²) >= 11 is 0. The molecule has 0 aromatic rings. The molecular weight excluding hydrogens is 100 g/mol. The molecule has 1 N–H and O–H groups in total. The van der Waals surface area contributed by atoms with E-state index < -0.39 is 0 Å². The molecule has 0 bridgehead atoms. The van der Waals surface area contributed by atoms with E-state index in [0.717, 1.165) is 12.8 Å². The van der Waals surface area contributed by atoms with Gasteiger partial charge in [0.2, 0.25) is 0 Å². The summed E-state index contributed by atoms with van der Waals surface area (Å²) in [5.41, 5.74) is 1.50. The molecule has 46 valence electrons. The number of aliphatic hydroxyl groups is 1. The molecule has 1 atom stereocenters. The van der Waals surface area contributed by atoms with Gasteiger partial charge in [0.25, 0.3) is 0 Å². The SMILES string of the molecule is CCC1=CC(CO)C1. The Morgan fingerprint density at radius 2 is 2.50 bits per heavy atom. The first-order valence-electron chi connectivity index (χ1n) is 3.17. The average Bonchev–Trinajstić information content (AvgIpc) is 1.65.